The molecular weight excluding hydrogens is 246 g/mol. The number of aromatic nitrogens is 6. The Morgan fingerprint density at radius 2 is 2.21 bits per heavy atom. The second-order valence-corrected chi connectivity index (χ2v) is 4.30. The predicted molar refractivity (Wildman–Crippen MR) is 68.4 cm³/mol. The summed E-state index contributed by atoms with van der Waals surface area (Å²) in [4.78, 5) is 1.44. The van der Waals surface area contributed by atoms with Gasteiger partial charge in [0, 0.05) is 32.0 Å². The number of rotatable bonds is 7. The average Bonchev–Trinajstić information content (AvgIpc) is 2.92. The number of methoxy groups -OCH3 is 1. The zero-order valence-electron chi connectivity index (χ0n) is 11.5. The molecule has 0 saturated heterocycles. The Kier molecular flexibility index (Phi) is 4.58. The van der Waals surface area contributed by atoms with Crippen LogP contribution in [0.1, 0.15) is 17.1 Å². The van der Waals surface area contributed by atoms with Crippen LogP contribution in [0.15, 0.2) is 6.20 Å². The van der Waals surface area contributed by atoms with Crippen molar-refractivity contribution in [2.75, 3.05) is 20.3 Å². The summed E-state index contributed by atoms with van der Waals surface area (Å²) in [5, 5.41) is 19.6. The van der Waals surface area contributed by atoms with Crippen molar-refractivity contribution in [2.24, 2.45) is 7.05 Å². The number of nitrogens with zero attached hydrogens (tertiary/aromatic N) is 6. The molecule has 104 valence electrons. The van der Waals surface area contributed by atoms with Crippen LogP contribution < -0.4 is 5.32 Å². The first kappa shape index (κ1) is 13.6. The van der Waals surface area contributed by atoms with Gasteiger partial charge in [0.05, 0.1) is 19.3 Å². The minimum Gasteiger partial charge on any atom is -0.383 e. The Balaban J connectivity index is 1.92. The molecule has 0 bridgehead atoms. The molecule has 8 nitrogen and oxygen atoms in total. The molecule has 2 heterocycles. The Labute approximate surface area is 111 Å². The maximum Gasteiger partial charge on any atom is 0.196 e. The third-order valence-electron chi connectivity index (χ3n) is 2.70. The van der Waals surface area contributed by atoms with Gasteiger partial charge in [-0.3, -0.25) is 4.68 Å². The molecule has 19 heavy (non-hydrogen) atoms. The highest BCUT2D eigenvalue weighted by molar-refractivity contribution is 5.15. The van der Waals surface area contributed by atoms with Crippen LogP contribution in [0.4, 0.5) is 0 Å². The molecule has 0 unspecified atom stereocenters. The quantitative estimate of drug-likeness (QED) is 0.680. The number of tetrazole rings is 1. The zero-order valence-corrected chi connectivity index (χ0v) is 11.5. The maximum absolute atomic E-state index is 4.99. The summed E-state index contributed by atoms with van der Waals surface area (Å²) in [6.07, 6.45) is 2.01. The molecule has 2 rings (SSSR count). The highest BCUT2D eigenvalue weighted by Crippen LogP contribution is 2.06. The lowest BCUT2D eigenvalue weighted by Gasteiger charge is -2.01. The zero-order chi connectivity index (χ0) is 13.7. The molecule has 0 aliphatic carbocycles. The van der Waals surface area contributed by atoms with Crippen molar-refractivity contribution in [3.05, 3.63) is 23.3 Å². The van der Waals surface area contributed by atoms with Crippen molar-refractivity contribution in [1.29, 1.82) is 0 Å². The molecule has 0 aromatic carbocycles. The van der Waals surface area contributed by atoms with E-state index in [1.165, 1.54) is 10.4 Å². The summed E-state index contributed by atoms with van der Waals surface area (Å²) >= 11 is 0. The van der Waals surface area contributed by atoms with Gasteiger partial charge in [-0.05, 0) is 12.1 Å². The molecule has 1 N–H and O–H groups in total. The highest BCUT2D eigenvalue weighted by Gasteiger charge is 2.07. The molecule has 0 spiro atoms. The van der Waals surface area contributed by atoms with E-state index in [-0.39, 0.29) is 0 Å². The summed E-state index contributed by atoms with van der Waals surface area (Å²) in [6, 6.07) is 0. The number of aryl methyl sites for hydroxylation is 2. The third-order valence-corrected chi connectivity index (χ3v) is 2.70. The van der Waals surface area contributed by atoms with E-state index in [1.807, 2.05) is 17.8 Å². The van der Waals surface area contributed by atoms with Crippen molar-refractivity contribution in [1.82, 2.24) is 35.3 Å². The largest absolute Gasteiger partial charge is 0.383 e. The van der Waals surface area contributed by atoms with Gasteiger partial charge in [0.15, 0.2) is 5.82 Å². The predicted octanol–water partition coefficient (Wildman–Crippen LogP) is -0.501. The second-order valence-electron chi connectivity index (χ2n) is 4.30. The number of hydrogen-bond acceptors (Lipinski definition) is 6. The standard InChI is InChI=1S/C11H19N7O/c1-9-10(6-12-4-5-19-3)7-18(14-9)8-11-13-16-17(2)15-11/h7,12H,4-6,8H2,1-3H3. The minimum atomic E-state index is 0.534. The molecule has 0 radical (unpaired) electrons. The number of hydrogen-bond donors (Lipinski definition) is 1. The van der Waals surface area contributed by atoms with Crippen LogP contribution in [-0.4, -0.2) is 50.2 Å². The van der Waals surface area contributed by atoms with Gasteiger partial charge < -0.3 is 10.1 Å². The monoisotopic (exact) mass is 265 g/mol. The van der Waals surface area contributed by atoms with Crippen LogP contribution in [0, 0.1) is 6.92 Å². The lowest BCUT2D eigenvalue weighted by molar-refractivity contribution is 0.199. The molecule has 0 saturated carbocycles. The fraction of sp³-hybridized carbons (Fsp3) is 0.636. The Morgan fingerprint density at radius 3 is 2.89 bits per heavy atom. The van der Waals surface area contributed by atoms with Gasteiger partial charge in [0.2, 0.25) is 0 Å². The molecule has 2 aromatic rings. The van der Waals surface area contributed by atoms with Crippen LogP contribution in [0.5, 0.6) is 0 Å². The Bertz CT molecular complexity index is 519. The highest BCUT2D eigenvalue weighted by atomic mass is 16.5. The maximum atomic E-state index is 4.99. The van der Waals surface area contributed by atoms with Gasteiger partial charge in [-0.15, -0.1) is 10.2 Å². The molecule has 0 aliphatic heterocycles. The number of nitrogens with one attached hydrogen (secondary N) is 1. The van der Waals surface area contributed by atoms with Crippen LogP contribution in [0.25, 0.3) is 0 Å². The summed E-state index contributed by atoms with van der Waals surface area (Å²) in [5.41, 5.74) is 2.17. The Hall–Kier alpha value is -1.80. The van der Waals surface area contributed by atoms with Crippen LogP contribution >= 0.6 is 0 Å². The van der Waals surface area contributed by atoms with Crippen molar-refractivity contribution < 1.29 is 4.74 Å². The topological polar surface area (TPSA) is 82.7 Å². The van der Waals surface area contributed by atoms with Gasteiger partial charge in [0.25, 0.3) is 0 Å². The second kappa shape index (κ2) is 6.39. The van der Waals surface area contributed by atoms with Gasteiger partial charge in [-0.1, -0.05) is 0 Å². The molecule has 0 fully saturated rings. The number of ether oxygens (including phenoxy) is 1. The van der Waals surface area contributed by atoms with Gasteiger partial charge >= 0.3 is 0 Å². The fourth-order valence-electron chi connectivity index (χ4n) is 1.74. The van der Waals surface area contributed by atoms with E-state index in [1.54, 1.807) is 14.2 Å². The summed E-state index contributed by atoms with van der Waals surface area (Å²) in [5.74, 6) is 0.656. The lowest BCUT2D eigenvalue weighted by Crippen LogP contribution is -2.18. The van der Waals surface area contributed by atoms with Gasteiger partial charge in [0.1, 0.15) is 6.54 Å². The van der Waals surface area contributed by atoms with Crippen molar-refractivity contribution in [3.63, 3.8) is 0 Å². The summed E-state index contributed by atoms with van der Waals surface area (Å²) in [6.45, 7) is 4.84. The van der Waals surface area contributed by atoms with Gasteiger partial charge in [-0.2, -0.15) is 9.90 Å². The minimum absolute atomic E-state index is 0.534. The smallest absolute Gasteiger partial charge is 0.196 e. The fourth-order valence-corrected chi connectivity index (χ4v) is 1.74. The van der Waals surface area contributed by atoms with Crippen molar-refractivity contribution >= 4 is 0 Å². The molecular formula is C11H19N7O. The van der Waals surface area contributed by atoms with E-state index >= 15 is 0 Å². The first-order valence-corrected chi connectivity index (χ1v) is 6.14. The lowest BCUT2D eigenvalue weighted by atomic mass is 10.2. The van der Waals surface area contributed by atoms with Crippen LogP contribution in [-0.2, 0) is 24.9 Å². The molecule has 2 aromatic heterocycles. The van der Waals surface area contributed by atoms with Crippen molar-refractivity contribution in [2.45, 2.75) is 20.0 Å². The first-order valence-electron chi connectivity index (χ1n) is 6.14. The summed E-state index contributed by atoms with van der Waals surface area (Å²) < 4.78 is 6.82. The van der Waals surface area contributed by atoms with Crippen LogP contribution in [0.3, 0.4) is 0 Å². The Morgan fingerprint density at radius 1 is 1.37 bits per heavy atom. The van der Waals surface area contributed by atoms with E-state index in [9.17, 15) is 0 Å². The van der Waals surface area contributed by atoms with E-state index in [2.05, 4.69) is 25.8 Å². The van der Waals surface area contributed by atoms with E-state index < -0.39 is 0 Å². The molecule has 8 heteroatoms. The molecule has 0 aliphatic rings. The van der Waals surface area contributed by atoms with Crippen LogP contribution in [0.2, 0.25) is 0 Å². The average molecular weight is 265 g/mol. The first-order chi connectivity index (χ1) is 9.19. The van der Waals surface area contributed by atoms with E-state index in [0.29, 0.717) is 19.0 Å². The third kappa shape index (κ3) is 3.83. The van der Waals surface area contributed by atoms with E-state index in [4.69, 9.17) is 4.74 Å². The normalized spacial score (nSPS) is 11.1. The molecule has 0 amide bonds. The van der Waals surface area contributed by atoms with Gasteiger partial charge in [-0.25, -0.2) is 0 Å². The van der Waals surface area contributed by atoms with Crippen molar-refractivity contribution in [3.8, 4) is 0 Å². The summed E-state index contributed by atoms with van der Waals surface area (Å²) in [7, 11) is 3.44. The molecule has 0 atom stereocenters. The SMILES string of the molecule is COCCNCc1cn(Cc2nnn(C)n2)nc1C. The van der Waals surface area contributed by atoms with E-state index in [0.717, 1.165) is 18.8 Å².